The Morgan fingerprint density at radius 3 is 2.28 bits per heavy atom. The minimum absolute atomic E-state index is 0.0530. The van der Waals surface area contributed by atoms with Crippen LogP contribution in [-0.4, -0.2) is 11.7 Å². The normalized spacial score (nSPS) is 12.4. The predicted octanol–water partition coefficient (Wildman–Crippen LogP) is 6.00. The van der Waals surface area contributed by atoms with Gasteiger partial charge in [0.05, 0.1) is 5.02 Å². The van der Waals surface area contributed by atoms with Gasteiger partial charge in [0.2, 0.25) is 0 Å². The SMILES string of the molecule is CC(Nc1ccc(NC(=O)OC(C)(C)C)cc1)c1ccc(F)c(Cl)c1. The highest BCUT2D eigenvalue weighted by molar-refractivity contribution is 6.30. The molecule has 134 valence electrons. The van der Waals surface area contributed by atoms with Gasteiger partial charge in [0.25, 0.3) is 0 Å². The molecule has 1 atom stereocenters. The van der Waals surface area contributed by atoms with Crippen LogP contribution in [0.15, 0.2) is 42.5 Å². The zero-order valence-electron chi connectivity index (χ0n) is 14.7. The third kappa shape index (κ3) is 5.94. The molecule has 0 fully saturated rings. The number of hydrogen-bond donors (Lipinski definition) is 2. The number of hydrogen-bond acceptors (Lipinski definition) is 3. The lowest BCUT2D eigenvalue weighted by molar-refractivity contribution is 0.0636. The number of anilines is 2. The van der Waals surface area contributed by atoms with Gasteiger partial charge < -0.3 is 10.1 Å². The third-order valence-corrected chi connectivity index (χ3v) is 3.65. The summed E-state index contributed by atoms with van der Waals surface area (Å²) in [6.45, 7) is 7.38. The van der Waals surface area contributed by atoms with Gasteiger partial charge in [0.1, 0.15) is 11.4 Å². The fraction of sp³-hybridized carbons (Fsp3) is 0.316. The van der Waals surface area contributed by atoms with Gasteiger partial charge in [-0.15, -0.1) is 0 Å². The number of nitrogens with one attached hydrogen (secondary N) is 2. The second-order valence-corrected chi connectivity index (χ2v) is 7.15. The van der Waals surface area contributed by atoms with Gasteiger partial charge in [-0.1, -0.05) is 17.7 Å². The van der Waals surface area contributed by atoms with Crippen molar-refractivity contribution in [3.8, 4) is 0 Å². The van der Waals surface area contributed by atoms with Crippen molar-refractivity contribution in [2.75, 3.05) is 10.6 Å². The molecule has 2 aromatic carbocycles. The largest absolute Gasteiger partial charge is 0.444 e. The molecule has 0 saturated carbocycles. The van der Waals surface area contributed by atoms with Crippen LogP contribution in [0.4, 0.5) is 20.6 Å². The molecule has 25 heavy (non-hydrogen) atoms. The Bertz CT molecular complexity index is 742. The van der Waals surface area contributed by atoms with E-state index in [2.05, 4.69) is 10.6 Å². The Balaban J connectivity index is 1.97. The van der Waals surface area contributed by atoms with Gasteiger partial charge in [-0.2, -0.15) is 0 Å². The van der Waals surface area contributed by atoms with Crippen LogP contribution in [0.1, 0.15) is 39.3 Å². The van der Waals surface area contributed by atoms with Crippen LogP contribution < -0.4 is 10.6 Å². The average Bonchev–Trinajstić information content (AvgIpc) is 2.50. The maximum absolute atomic E-state index is 13.2. The summed E-state index contributed by atoms with van der Waals surface area (Å²) < 4.78 is 18.4. The van der Waals surface area contributed by atoms with Gasteiger partial charge in [-0.3, -0.25) is 5.32 Å². The molecule has 0 aliphatic heterocycles. The van der Waals surface area contributed by atoms with Crippen LogP contribution in [0, 0.1) is 5.82 Å². The van der Waals surface area contributed by atoms with E-state index in [1.807, 2.05) is 39.8 Å². The fourth-order valence-electron chi connectivity index (χ4n) is 2.19. The standard InChI is InChI=1S/C19H22ClFN2O2/c1-12(13-5-10-17(21)16(20)11-13)22-14-6-8-15(9-7-14)23-18(24)25-19(2,3)4/h5-12,22H,1-4H3,(H,23,24). The molecule has 0 aliphatic carbocycles. The number of ether oxygens (including phenoxy) is 1. The van der Waals surface area contributed by atoms with Crippen LogP contribution in [0.25, 0.3) is 0 Å². The maximum Gasteiger partial charge on any atom is 0.412 e. The topological polar surface area (TPSA) is 50.4 Å². The van der Waals surface area contributed by atoms with E-state index < -0.39 is 17.5 Å². The van der Waals surface area contributed by atoms with Crippen molar-refractivity contribution in [2.45, 2.75) is 39.3 Å². The first-order chi connectivity index (χ1) is 11.6. The molecule has 1 amide bonds. The summed E-state index contributed by atoms with van der Waals surface area (Å²) in [7, 11) is 0. The van der Waals surface area contributed by atoms with E-state index in [9.17, 15) is 9.18 Å². The molecular formula is C19H22ClFN2O2. The second-order valence-electron chi connectivity index (χ2n) is 6.74. The van der Waals surface area contributed by atoms with Crippen LogP contribution in [0.5, 0.6) is 0 Å². The van der Waals surface area contributed by atoms with Crippen molar-refractivity contribution >= 4 is 29.1 Å². The van der Waals surface area contributed by atoms with E-state index in [1.165, 1.54) is 6.07 Å². The van der Waals surface area contributed by atoms with Gasteiger partial charge in [0, 0.05) is 17.4 Å². The molecule has 0 heterocycles. The van der Waals surface area contributed by atoms with Crippen molar-refractivity contribution in [1.82, 2.24) is 0 Å². The Kier molecular flexibility index (Phi) is 5.90. The van der Waals surface area contributed by atoms with Crippen molar-refractivity contribution in [3.63, 3.8) is 0 Å². The molecule has 0 aromatic heterocycles. The fourth-order valence-corrected chi connectivity index (χ4v) is 2.38. The summed E-state index contributed by atoms with van der Waals surface area (Å²) in [5, 5.41) is 6.07. The Morgan fingerprint density at radius 1 is 1.12 bits per heavy atom. The zero-order valence-corrected chi connectivity index (χ0v) is 15.4. The highest BCUT2D eigenvalue weighted by Crippen LogP contribution is 2.24. The Hall–Kier alpha value is -2.27. The number of carbonyl (C=O) groups is 1. The van der Waals surface area contributed by atoms with E-state index in [-0.39, 0.29) is 11.1 Å². The van der Waals surface area contributed by atoms with Crippen molar-refractivity contribution in [3.05, 3.63) is 58.9 Å². The number of benzene rings is 2. The molecule has 0 spiro atoms. The maximum atomic E-state index is 13.2. The molecule has 1 unspecified atom stereocenters. The summed E-state index contributed by atoms with van der Waals surface area (Å²) in [6, 6.07) is 11.8. The summed E-state index contributed by atoms with van der Waals surface area (Å²) in [5.74, 6) is -0.435. The molecule has 2 rings (SSSR count). The lowest BCUT2D eigenvalue weighted by Gasteiger charge is -2.20. The quantitative estimate of drug-likeness (QED) is 0.699. The number of rotatable bonds is 4. The number of amides is 1. The smallest absolute Gasteiger partial charge is 0.412 e. The molecule has 4 nitrogen and oxygen atoms in total. The van der Waals surface area contributed by atoms with Crippen molar-refractivity contribution < 1.29 is 13.9 Å². The Labute approximate surface area is 152 Å². The van der Waals surface area contributed by atoms with E-state index in [1.54, 1.807) is 24.3 Å². The highest BCUT2D eigenvalue weighted by atomic mass is 35.5. The van der Waals surface area contributed by atoms with Crippen LogP contribution in [0.3, 0.4) is 0 Å². The summed E-state index contributed by atoms with van der Waals surface area (Å²) in [6.07, 6.45) is -0.498. The minimum atomic E-state index is -0.544. The Morgan fingerprint density at radius 2 is 1.72 bits per heavy atom. The number of halogens is 2. The molecule has 6 heteroatoms. The monoisotopic (exact) mass is 364 g/mol. The second kappa shape index (κ2) is 7.74. The molecule has 2 aromatic rings. The lowest BCUT2D eigenvalue weighted by Crippen LogP contribution is -2.27. The summed E-state index contributed by atoms with van der Waals surface area (Å²) >= 11 is 5.82. The van der Waals surface area contributed by atoms with Gasteiger partial charge >= 0.3 is 6.09 Å². The van der Waals surface area contributed by atoms with Gasteiger partial charge in [-0.05, 0) is 69.7 Å². The molecule has 2 N–H and O–H groups in total. The lowest BCUT2D eigenvalue weighted by atomic mass is 10.1. The predicted molar refractivity (Wildman–Crippen MR) is 99.7 cm³/mol. The van der Waals surface area contributed by atoms with Crippen LogP contribution in [-0.2, 0) is 4.74 Å². The van der Waals surface area contributed by atoms with Crippen molar-refractivity contribution in [2.24, 2.45) is 0 Å². The van der Waals surface area contributed by atoms with E-state index >= 15 is 0 Å². The first-order valence-corrected chi connectivity index (χ1v) is 8.33. The van der Waals surface area contributed by atoms with E-state index in [0.717, 1.165) is 11.3 Å². The van der Waals surface area contributed by atoms with E-state index in [0.29, 0.717) is 5.69 Å². The summed E-state index contributed by atoms with van der Waals surface area (Å²) in [4.78, 5) is 11.7. The van der Waals surface area contributed by atoms with Crippen LogP contribution >= 0.6 is 11.6 Å². The van der Waals surface area contributed by atoms with Crippen molar-refractivity contribution in [1.29, 1.82) is 0 Å². The summed E-state index contributed by atoms with van der Waals surface area (Å²) in [5.41, 5.74) is 1.83. The van der Waals surface area contributed by atoms with Gasteiger partial charge in [-0.25, -0.2) is 9.18 Å². The number of carbonyl (C=O) groups excluding carboxylic acids is 1. The third-order valence-electron chi connectivity index (χ3n) is 3.36. The minimum Gasteiger partial charge on any atom is -0.444 e. The van der Waals surface area contributed by atoms with E-state index in [4.69, 9.17) is 16.3 Å². The molecule has 0 radical (unpaired) electrons. The van der Waals surface area contributed by atoms with Gasteiger partial charge in [0.15, 0.2) is 0 Å². The van der Waals surface area contributed by atoms with Crippen LogP contribution in [0.2, 0.25) is 5.02 Å². The molecule has 0 aliphatic rings. The molecular weight excluding hydrogens is 343 g/mol. The zero-order chi connectivity index (χ0) is 18.6. The molecule has 0 bridgehead atoms. The average molecular weight is 365 g/mol. The highest BCUT2D eigenvalue weighted by Gasteiger charge is 2.16. The first kappa shape index (κ1) is 19.1. The molecule has 0 saturated heterocycles. The first-order valence-electron chi connectivity index (χ1n) is 7.95.